The first kappa shape index (κ1) is 18.9. The lowest BCUT2D eigenvalue weighted by atomic mass is 10.0. The van der Waals surface area contributed by atoms with Crippen molar-refractivity contribution < 1.29 is 19.4 Å². The summed E-state index contributed by atoms with van der Waals surface area (Å²) in [6.07, 6.45) is 1.02. The van der Waals surface area contributed by atoms with E-state index in [0.29, 0.717) is 37.1 Å². The smallest absolute Gasteiger partial charge is 0.410 e. The second-order valence-corrected chi connectivity index (χ2v) is 6.59. The maximum absolute atomic E-state index is 12.4. The molecule has 0 atom stereocenters. The molecule has 6 heteroatoms. The summed E-state index contributed by atoms with van der Waals surface area (Å²) in [6.45, 7) is 1.17. The summed E-state index contributed by atoms with van der Waals surface area (Å²) >= 11 is 0. The third-order valence-corrected chi connectivity index (χ3v) is 4.73. The number of likely N-dealkylation sites (tertiary alicyclic amines) is 1. The van der Waals surface area contributed by atoms with E-state index in [1.807, 2.05) is 30.3 Å². The van der Waals surface area contributed by atoms with Crippen molar-refractivity contribution in [2.45, 2.75) is 32.1 Å². The zero-order valence-corrected chi connectivity index (χ0v) is 15.1. The van der Waals surface area contributed by atoms with Crippen LogP contribution in [-0.2, 0) is 18.0 Å². The molecule has 1 saturated heterocycles. The SMILES string of the molecule is O=C(NC1CCN(C(=O)OCc2ccccc2)CC1)c1ccccc1CO. The Balaban J connectivity index is 1.46. The summed E-state index contributed by atoms with van der Waals surface area (Å²) in [6, 6.07) is 16.6. The van der Waals surface area contributed by atoms with Crippen molar-refractivity contribution in [1.82, 2.24) is 10.2 Å². The summed E-state index contributed by atoms with van der Waals surface area (Å²) < 4.78 is 5.36. The molecular formula is C21H24N2O4. The fourth-order valence-electron chi connectivity index (χ4n) is 3.16. The second-order valence-electron chi connectivity index (χ2n) is 6.59. The summed E-state index contributed by atoms with van der Waals surface area (Å²) in [5, 5.41) is 12.4. The third kappa shape index (κ3) is 5.08. The molecule has 2 amide bonds. The van der Waals surface area contributed by atoms with Gasteiger partial charge < -0.3 is 20.1 Å². The monoisotopic (exact) mass is 368 g/mol. The zero-order valence-electron chi connectivity index (χ0n) is 15.1. The van der Waals surface area contributed by atoms with Gasteiger partial charge in [-0.2, -0.15) is 0 Å². The predicted octanol–water partition coefficient (Wildman–Crippen LogP) is 2.71. The molecule has 0 radical (unpaired) electrons. The molecule has 1 fully saturated rings. The van der Waals surface area contributed by atoms with Crippen LogP contribution in [0.4, 0.5) is 4.79 Å². The zero-order chi connectivity index (χ0) is 19.1. The number of piperidine rings is 1. The highest BCUT2D eigenvalue weighted by Gasteiger charge is 2.25. The van der Waals surface area contributed by atoms with Crippen LogP contribution in [0.25, 0.3) is 0 Å². The fraction of sp³-hybridized carbons (Fsp3) is 0.333. The lowest BCUT2D eigenvalue weighted by Gasteiger charge is -2.31. The number of aliphatic hydroxyl groups excluding tert-OH is 1. The van der Waals surface area contributed by atoms with Crippen molar-refractivity contribution in [3.05, 3.63) is 71.3 Å². The number of ether oxygens (including phenoxy) is 1. The molecule has 3 rings (SSSR count). The number of aliphatic hydroxyl groups is 1. The molecule has 0 aliphatic carbocycles. The van der Waals surface area contributed by atoms with E-state index >= 15 is 0 Å². The Hall–Kier alpha value is -2.86. The maximum atomic E-state index is 12.4. The van der Waals surface area contributed by atoms with Crippen molar-refractivity contribution in [3.63, 3.8) is 0 Å². The molecule has 0 aromatic heterocycles. The minimum atomic E-state index is -0.325. The molecule has 2 N–H and O–H groups in total. The number of rotatable bonds is 5. The first-order valence-corrected chi connectivity index (χ1v) is 9.12. The van der Waals surface area contributed by atoms with Crippen molar-refractivity contribution in [2.75, 3.05) is 13.1 Å². The van der Waals surface area contributed by atoms with Crippen LogP contribution < -0.4 is 5.32 Å². The summed E-state index contributed by atoms with van der Waals surface area (Å²) in [5.74, 6) is -0.190. The number of hydrogen-bond donors (Lipinski definition) is 2. The molecular weight excluding hydrogens is 344 g/mol. The Morgan fingerprint density at radius 3 is 2.41 bits per heavy atom. The number of benzene rings is 2. The Bertz CT molecular complexity index is 771. The van der Waals surface area contributed by atoms with E-state index in [1.54, 1.807) is 29.2 Å². The van der Waals surface area contributed by atoms with Crippen LogP contribution in [0.15, 0.2) is 54.6 Å². The number of nitrogens with one attached hydrogen (secondary N) is 1. The topological polar surface area (TPSA) is 78.9 Å². The van der Waals surface area contributed by atoms with Gasteiger partial charge >= 0.3 is 6.09 Å². The van der Waals surface area contributed by atoms with Gasteiger partial charge in [0.15, 0.2) is 0 Å². The van der Waals surface area contributed by atoms with E-state index in [9.17, 15) is 14.7 Å². The second kappa shape index (κ2) is 9.19. The average Bonchev–Trinajstić information content (AvgIpc) is 2.73. The highest BCUT2D eigenvalue weighted by Crippen LogP contribution is 2.15. The van der Waals surface area contributed by atoms with Crippen LogP contribution in [0.1, 0.15) is 34.3 Å². The summed E-state index contributed by atoms with van der Waals surface area (Å²) in [4.78, 5) is 26.3. The maximum Gasteiger partial charge on any atom is 0.410 e. The lowest BCUT2D eigenvalue weighted by Crippen LogP contribution is -2.46. The van der Waals surface area contributed by atoms with Gasteiger partial charge in [-0.15, -0.1) is 0 Å². The normalized spacial score (nSPS) is 14.6. The molecule has 0 unspecified atom stereocenters. The highest BCUT2D eigenvalue weighted by molar-refractivity contribution is 5.95. The minimum absolute atomic E-state index is 0.00224. The predicted molar refractivity (Wildman–Crippen MR) is 101 cm³/mol. The Labute approximate surface area is 158 Å². The molecule has 6 nitrogen and oxygen atoms in total. The quantitative estimate of drug-likeness (QED) is 0.851. The molecule has 27 heavy (non-hydrogen) atoms. The van der Waals surface area contributed by atoms with Crippen LogP contribution in [0.3, 0.4) is 0 Å². The highest BCUT2D eigenvalue weighted by atomic mass is 16.6. The number of nitrogens with zero attached hydrogens (tertiary/aromatic N) is 1. The van der Waals surface area contributed by atoms with Crippen LogP contribution in [-0.4, -0.2) is 41.1 Å². The van der Waals surface area contributed by atoms with Gasteiger partial charge in [0.2, 0.25) is 0 Å². The lowest BCUT2D eigenvalue weighted by molar-refractivity contribution is 0.0808. The summed E-state index contributed by atoms with van der Waals surface area (Å²) in [7, 11) is 0. The van der Waals surface area contributed by atoms with Gasteiger partial charge in [-0.3, -0.25) is 4.79 Å². The van der Waals surface area contributed by atoms with Gasteiger partial charge in [0.1, 0.15) is 6.61 Å². The van der Waals surface area contributed by atoms with E-state index in [4.69, 9.17) is 4.74 Å². The van der Waals surface area contributed by atoms with Gasteiger partial charge in [-0.1, -0.05) is 48.5 Å². The number of hydrogen-bond acceptors (Lipinski definition) is 4. The number of amides is 2. The van der Waals surface area contributed by atoms with Gasteiger partial charge in [-0.25, -0.2) is 4.79 Å². The molecule has 0 spiro atoms. The molecule has 2 aromatic carbocycles. The van der Waals surface area contributed by atoms with Crippen molar-refractivity contribution >= 4 is 12.0 Å². The Morgan fingerprint density at radius 1 is 1.04 bits per heavy atom. The average molecular weight is 368 g/mol. The van der Waals surface area contributed by atoms with Crippen LogP contribution in [0.2, 0.25) is 0 Å². The van der Waals surface area contributed by atoms with Crippen LogP contribution in [0.5, 0.6) is 0 Å². The standard InChI is InChI=1S/C21H24N2O4/c24-14-17-8-4-5-9-19(17)20(25)22-18-10-12-23(13-11-18)21(26)27-15-16-6-2-1-3-7-16/h1-9,18,24H,10-15H2,(H,22,25). The van der Waals surface area contributed by atoms with E-state index in [2.05, 4.69) is 5.32 Å². The van der Waals surface area contributed by atoms with Crippen molar-refractivity contribution in [2.24, 2.45) is 0 Å². The van der Waals surface area contributed by atoms with E-state index in [0.717, 1.165) is 5.56 Å². The molecule has 1 heterocycles. The molecule has 142 valence electrons. The fourth-order valence-corrected chi connectivity index (χ4v) is 3.16. The Morgan fingerprint density at radius 2 is 1.70 bits per heavy atom. The van der Waals surface area contributed by atoms with Gasteiger partial charge in [0.25, 0.3) is 5.91 Å². The minimum Gasteiger partial charge on any atom is -0.445 e. The van der Waals surface area contributed by atoms with E-state index in [1.165, 1.54) is 0 Å². The van der Waals surface area contributed by atoms with Gasteiger partial charge in [0, 0.05) is 24.7 Å². The van der Waals surface area contributed by atoms with E-state index in [-0.39, 0.29) is 31.3 Å². The molecule has 2 aromatic rings. The number of carbonyl (C=O) groups is 2. The first-order valence-electron chi connectivity index (χ1n) is 9.12. The summed E-state index contributed by atoms with van der Waals surface area (Å²) in [5.41, 5.74) is 2.05. The van der Waals surface area contributed by atoms with Crippen molar-refractivity contribution in [1.29, 1.82) is 0 Å². The largest absolute Gasteiger partial charge is 0.445 e. The first-order chi connectivity index (χ1) is 13.2. The molecule has 0 saturated carbocycles. The molecule has 1 aliphatic rings. The van der Waals surface area contributed by atoms with E-state index < -0.39 is 0 Å². The van der Waals surface area contributed by atoms with Gasteiger partial charge in [0.05, 0.1) is 6.61 Å². The third-order valence-electron chi connectivity index (χ3n) is 4.73. The van der Waals surface area contributed by atoms with Crippen LogP contribution >= 0.6 is 0 Å². The number of carbonyl (C=O) groups excluding carboxylic acids is 2. The van der Waals surface area contributed by atoms with Crippen LogP contribution in [0, 0.1) is 0 Å². The van der Waals surface area contributed by atoms with Gasteiger partial charge in [-0.05, 0) is 30.0 Å². The molecule has 1 aliphatic heterocycles. The molecule has 0 bridgehead atoms. The Kier molecular flexibility index (Phi) is 6.44. The van der Waals surface area contributed by atoms with Crippen molar-refractivity contribution in [3.8, 4) is 0 Å².